The van der Waals surface area contributed by atoms with Crippen molar-refractivity contribution in [2.75, 3.05) is 19.4 Å². The first-order chi connectivity index (χ1) is 16.4. The van der Waals surface area contributed by atoms with Gasteiger partial charge in [0.1, 0.15) is 0 Å². The summed E-state index contributed by atoms with van der Waals surface area (Å²) >= 11 is 0. The van der Waals surface area contributed by atoms with Crippen LogP contribution in [0.25, 0.3) is 0 Å². The Morgan fingerprint density at radius 1 is 1.03 bits per heavy atom. The van der Waals surface area contributed by atoms with E-state index in [2.05, 4.69) is 35.9 Å². The number of phenols is 1. The molecule has 2 aromatic rings. The van der Waals surface area contributed by atoms with Gasteiger partial charge in [0.2, 0.25) is 0 Å². The third-order valence-corrected chi connectivity index (χ3v) is 6.49. The molecule has 3 N–H and O–H groups in total. The lowest BCUT2D eigenvalue weighted by atomic mass is 9.86. The molecule has 2 atom stereocenters. The standard InChI is InChI=1S/C28H33N3O3/c1-18-19(2)26(30-23-15-10-13-21(27(23)32)28(33)31(3)4)25(18)29-22-14-8-9-16-24(22)34-17-20-11-6-5-7-12-20/h5-7,10-13,15,22,24,29-30,32H,1-2,8-9,14,16-17H2,3-4H3/t22-,24-/m1/s1. The van der Waals surface area contributed by atoms with E-state index in [1.165, 1.54) is 4.90 Å². The lowest BCUT2D eigenvalue weighted by Gasteiger charge is -2.38. The van der Waals surface area contributed by atoms with E-state index in [1.54, 1.807) is 32.3 Å². The summed E-state index contributed by atoms with van der Waals surface area (Å²) in [6, 6.07) is 15.5. The highest BCUT2D eigenvalue weighted by Gasteiger charge is 2.33. The lowest BCUT2D eigenvalue weighted by molar-refractivity contribution is -0.00306. The molecule has 2 aromatic carbocycles. The van der Waals surface area contributed by atoms with Gasteiger partial charge in [-0.05, 0) is 30.5 Å². The number of nitrogens with one attached hydrogen (secondary N) is 2. The second kappa shape index (κ2) is 10.2. The number of nitrogens with zero attached hydrogens (tertiary/aromatic N) is 1. The molecule has 6 heteroatoms. The van der Waals surface area contributed by atoms with Crippen molar-refractivity contribution in [1.82, 2.24) is 10.2 Å². The molecule has 0 aromatic heterocycles. The van der Waals surface area contributed by atoms with Gasteiger partial charge < -0.3 is 25.4 Å². The van der Waals surface area contributed by atoms with Crippen LogP contribution in [0.4, 0.5) is 5.69 Å². The molecule has 0 bridgehead atoms. The third-order valence-electron chi connectivity index (χ3n) is 6.49. The molecule has 2 aliphatic rings. The van der Waals surface area contributed by atoms with Crippen LogP contribution in [-0.2, 0) is 11.3 Å². The van der Waals surface area contributed by atoms with Crippen LogP contribution in [0.3, 0.4) is 0 Å². The summed E-state index contributed by atoms with van der Waals surface area (Å²) in [6.07, 6.45) is 4.40. The Hall–Kier alpha value is -3.51. The largest absolute Gasteiger partial charge is 0.505 e. The number of amides is 1. The van der Waals surface area contributed by atoms with Gasteiger partial charge in [-0.2, -0.15) is 0 Å². The van der Waals surface area contributed by atoms with E-state index in [0.717, 1.165) is 53.8 Å². The summed E-state index contributed by atoms with van der Waals surface area (Å²) in [6.45, 7) is 8.88. The highest BCUT2D eigenvalue weighted by molar-refractivity contribution is 5.98. The zero-order valence-corrected chi connectivity index (χ0v) is 19.9. The van der Waals surface area contributed by atoms with E-state index < -0.39 is 0 Å². The minimum Gasteiger partial charge on any atom is -0.505 e. The van der Waals surface area contributed by atoms with Crippen LogP contribution in [-0.4, -0.2) is 42.2 Å². The minimum atomic E-state index is -0.258. The number of hydrogen-bond donors (Lipinski definition) is 3. The van der Waals surface area contributed by atoms with Crippen molar-refractivity contribution in [3.8, 4) is 5.75 Å². The van der Waals surface area contributed by atoms with Crippen molar-refractivity contribution in [2.45, 2.75) is 44.4 Å². The molecule has 0 aliphatic heterocycles. The molecule has 0 saturated heterocycles. The van der Waals surface area contributed by atoms with Crippen LogP contribution in [0.5, 0.6) is 5.75 Å². The van der Waals surface area contributed by atoms with Gasteiger partial charge >= 0.3 is 0 Å². The van der Waals surface area contributed by atoms with Gasteiger partial charge in [0, 0.05) is 25.2 Å². The first-order valence-electron chi connectivity index (χ1n) is 11.7. The maximum Gasteiger partial charge on any atom is 0.257 e. The van der Waals surface area contributed by atoms with Crippen LogP contribution >= 0.6 is 0 Å². The summed E-state index contributed by atoms with van der Waals surface area (Å²) in [5.41, 5.74) is 5.15. The van der Waals surface area contributed by atoms with Crippen LogP contribution in [0.15, 0.2) is 84.2 Å². The third kappa shape index (κ3) is 4.87. The summed E-state index contributed by atoms with van der Waals surface area (Å²) < 4.78 is 6.31. The van der Waals surface area contributed by atoms with Gasteiger partial charge in [-0.1, -0.05) is 62.4 Å². The molecule has 0 radical (unpaired) electrons. The smallest absolute Gasteiger partial charge is 0.257 e. The van der Waals surface area contributed by atoms with Crippen molar-refractivity contribution in [1.29, 1.82) is 0 Å². The number of ether oxygens (including phenoxy) is 1. The molecule has 4 rings (SSSR count). The molecule has 0 heterocycles. The predicted molar refractivity (Wildman–Crippen MR) is 135 cm³/mol. The molecule has 1 saturated carbocycles. The van der Waals surface area contributed by atoms with Crippen LogP contribution in [0.1, 0.15) is 41.6 Å². The zero-order valence-electron chi connectivity index (χ0n) is 19.9. The van der Waals surface area contributed by atoms with Crippen LogP contribution < -0.4 is 10.6 Å². The van der Waals surface area contributed by atoms with E-state index in [-0.39, 0.29) is 29.4 Å². The Morgan fingerprint density at radius 2 is 1.74 bits per heavy atom. The van der Waals surface area contributed by atoms with Crippen molar-refractivity contribution < 1.29 is 14.6 Å². The molecule has 0 unspecified atom stereocenters. The highest BCUT2D eigenvalue weighted by Crippen LogP contribution is 2.40. The Morgan fingerprint density at radius 3 is 2.47 bits per heavy atom. The summed E-state index contributed by atoms with van der Waals surface area (Å²) in [5, 5.41) is 17.6. The number of hydrogen-bond acceptors (Lipinski definition) is 5. The van der Waals surface area contributed by atoms with E-state index in [9.17, 15) is 9.90 Å². The van der Waals surface area contributed by atoms with Gasteiger partial charge in [-0.3, -0.25) is 4.79 Å². The number of aromatic hydroxyl groups is 1. The van der Waals surface area contributed by atoms with Gasteiger partial charge in [-0.15, -0.1) is 0 Å². The Balaban J connectivity index is 1.51. The van der Waals surface area contributed by atoms with E-state index in [1.807, 2.05) is 18.2 Å². The minimum absolute atomic E-state index is 0.0832. The number of para-hydroxylation sites is 1. The molecule has 6 nitrogen and oxygen atoms in total. The second-order valence-corrected chi connectivity index (χ2v) is 9.10. The first-order valence-corrected chi connectivity index (χ1v) is 11.7. The lowest BCUT2D eigenvalue weighted by Crippen LogP contribution is -2.45. The van der Waals surface area contributed by atoms with E-state index in [0.29, 0.717) is 12.3 Å². The van der Waals surface area contributed by atoms with Crippen LogP contribution in [0, 0.1) is 0 Å². The summed E-state index contributed by atoms with van der Waals surface area (Å²) in [4.78, 5) is 13.8. The monoisotopic (exact) mass is 459 g/mol. The van der Waals surface area contributed by atoms with E-state index in [4.69, 9.17) is 4.74 Å². The molecule has 178 valence electrons. The fraction of sp³-hybridized carbons (Fsp3) is 0.321. The molecular formula is C28H33N3O3. The Bertz CT molecular complexity index is 1120. The van der Waals surface area contributed by atoms with Gasteiger partial charge in [-0.25, -0.2) is 0 Å². The number of benzene rings is 2. The topological polar surface area (TPSA) is 73.8 Å². The highest BCUT2D eigenvalue weighted by atomic mass is 16.5. The predicted octanol–water partition coefficient (Wildman–Crippen LogP) is 4.96. The first kappa shape index (κ1) is 23.6. The maximum atomic E-state index is 12.4. The van der Waals surface area contributed by atoms with Crippen LogP contribution in [0.2, 0.25) is 0 Å². The van der Waals surface area contributed by atoms with Gasteiger partial charge in [0.25, 0.3) is 5.91 Å². The molecule has 2 aliphatic carbocycles. The number of rotatable bonds is 8. The van der Waals surface area contributed by atoms with E-state index >= 15 is 0 Å². The fourth-order valence-corrected chi connectivity index (χ4v) is 4.46. The second-order valence-electron chi connectivity index (χ2n) is 9.10. The average Bonchev–Trinajstić information content (AvgIpc) is 2.86. The Labute approximate surface area is 201 Å². The average molecular weight is 460 g/mol. The molecule has 34 heavy (non-hydrogen) atoms. The molecular weight excluding hydrogens is 426 g/mol. The molecule has 1 amide bonds. The number of carbonyl (C=O) groups excluding carboxylic acids is 1. The maximum absolute atomic E-state index is 12.4. The Kier molecular flexibility index (Phi) is 7.08. The van der Waals surface area contributed by atoms with Crippen molar-refractivity contribution in [3.05, 3.63) is 95.4 Å². The normalized spacial score (nSPS) is 20.1. The zero-order chi connectivity index (χ0) is 24.2. The summed E-state index contributed by atoms with van der Waals surface area (Å²) in [5.74, 6) is -0.342. The number of allylic oxidation sites excluding steroid dienone is 2. The number of anilines is 1. The number of carbonyl (C=O) groups is 1. The SMILES string of the molecule is C=C1C(=C)C(N[C@@H]2CCCC[C@H]2OCc2ccccc2)=C1Nc1cccc(C(=O)N(C)C)c1O. The van der Waals surface area contributed by atoms with Gasteiger partial charge in [0.15, 0.2) is 5.75 Å². The summed E-state index contributed by atoms with van der Waals surface area (Å²) in [7, 11) is 3.31. The van der Waals surface area contributed by atoms with Crippen molar-refractivity contribution in [2.24, 2.45) is 0 Å². The van der Waals surface area contributed by atoms with Gasteiger partial charge in [0.05, 0.1) is 41.4 Å². The number of phenolic OH excluding ortho intramolecular Hbond substituents is 1. The quantitative estimate of drug-likeness (QED) is 0.487. The molecule has 1 fully saturated rings. The van der Waals surface area contributed by atoms with Crippen molar-refractivity contribution >= 4 is 11.6 Å². The molecule has 0 spiro atoms. The fourth-order valence-electron chi connectivity index (χ4n) is 4.46. The van der Waals surface area contributed by atoms with Crippen molar-refractivity contribution in [3.63, 3.8) is 0 Å².